The molecule has 2 fully saturated rings. The number of hydrogen-bond donors (Lipinski definition) is 3. The first kappa shape index (κ1) is 15.6. The average Bonchev–Trinajstić information content (AvgIpc) is 3.03. The highest BCUT2D eigenvalue weighted by Gasteiger charge is 2.60. The van der Waals surface area contributed by atoms with E-state index in [1.807, 2.05) is 0 Å². The van der Waals surface area contributed by atoms with E-state index in [1.54, 1.807) is 6.07 Å². The van der Waals surface area contributed by atoms with Gasteiger partial charge in [-0.2, -0.15) is 5.10 Å². The van der Waals surface area contributed by atoms with Crippen molar-refractivity contribution >= 4 is 12.1 Å². The molecular weight excluding hydrogens is 292 g/mol. The number of fused-ring (bicyclic) bond motifs is 2. The molecule has 2 bridgehead atoms. The first-order valence-corrected chi connectivity index (χ1v) is 7.83. The van der Waals surface area contributed by atoms with Crippen LogP contribution in [-0.2, 0) is 4.79 Å². The van der Waals surface area contributed by atoms with E-state index in [-0.39, 0.29) is 22.8 Å². The van der Waals surface area contributed by atoms with Crippen LogP contribution in [0.5, 0.6) is 11.5 Å². The summed E-state index contributed by atoms with van der Waals surface area (Å²) in [5.74, 6) is 0.00332. The van der Waals surface area contributed by atoms with E-state index in [1.165, 1.54) is 18.3 Å². The highest BCUT2D eigenvalue weighted by molar-refractivity contribution is 5.89. The summed E-state index contributed by atoms with van der Waals surface area (Å²) in [6.45, 7) is 8.52. The number of amides is 1. The lowest BCUT2D eigenvalue weighted by Gasteiger charge is -2.36. The Morgan fingerprint density at radius 3 is 2.74 bits per heavy atom. The highest BCUT2D eigenvalue weighted by atomic mass is 16.3. The quantitative estimate of drug-likeness (QED) is 0.347. The van der Waals surface area contributed by atoms with Gasteiger partial charge in [0.2, 0.25) is 5.91 Å². The highest BCUT2D eigenvalue weighted by Crippen LogP contribution is 2.65. The van der Waals surface area contributed by atoms with Crippen molar-refractivity contribution < 1.29 is 15.0 Å². The van der Waals surface area contributed by atoms with Gasteiger partial charge in [0.25, 0.3) is 0 Å². The van der Waals surface area contributed by atoms with Crippen LogP contribution in [0.1, 0.15) is 38.7 Å². The van der Waals surface area contributed by atoms with E-state index in [2.05, 4.69) is 31.0 Å². The van der Waals surface area contributed by atoms with Gasteiger partial charge in [-0.25, -0.2) is 5.43 Å². The molecule has 1 amide bonds. The van der Waals surface area contributed by atoms with Crippen molar-refractivity contribution in [3.63, 3.8) is 0 Å². The van der Waals surface area contributed by atoms with Crippen LogP contribution in [0.4, 0.5) is 0 Å². The molecule has 0 radical (unpaired) electrons. The zero-order chi connectivity index (χ0) is 16.8. The third-order valence-electron chi connectivity index (χ3n) is 5.70. The minimum Gasteiger partial charge on any atom is -0.504 e. The molecule has 0 aromatic heterocycles. The lowest BCUT2D eigenvalue weighted by molar-refractivity contribution is -0.128. The summed E-state index contributed by atoms with van der Waals surface area (Å²) in [5, 5.41) is 22.7. The molecule has 2 aliphatic rings. The Balaban J connectivity index is 1.71. The number of hydrazone groups is 1. The third-order valence-corrected chi connectivity index (χ3v) is 5.70. The van der Waals surface area contributed by atoms with Crippen molar-refractivity contribution in [1.82, 2.24) is 5.43 Å². The lowest BCUT2D eigenvalue weighted by Crippen LogP contribution is -2.39. The van der Waals surface area contributed by atoms with Gasteiger partial charge in [0.15, 0.2) is 11.5 Å². The molecule has 2 saturated carbocycles. The average molecular weight is 314 g/mol. The topological polar surface area (TPSA) is 81.9 Å². The Bertz CT molecular complexity index is 708. The van der Waals surface area contributed by atoms with Crippen molar-refractivity contribution in [3.8, 4) is 11.5 Å². The second kappa shape index (κ2) is 5.11. The Labute approximate surface area is 135 Å². The van der Waals surface area contributed by atoms with Crippen molar-refractivity contribution in [3.05, 3.63) is 35.9 Å². The summed E-state index contributed by atoms with van der Waals surface area (Å²) in [5.41, 5.74) is 3.73. The van der Waals surface area contributed by atoms with Crippen molar-refractivity contribution in [1.29, 1.82) is 0 Å². The van der Waals surface area contributed by atoms with Crippen LogP contribution in [0, 0.1) is 16.7 Å². The number of carbonyl (C=O) groups is 1. The van der Waals surface area contributed by atoms with Gasteiger partial charge in [-0.15, -0.1) is 0 Å². The van der Waals surface area contributed by atoms with Crippen LogP contribution in [-0.4, -0.2) is 22.3 Å². The van der Waals surface area contributed by atoms with Gasteiger partial charge in [-0.1, -0.05) is 26.0 Å². The largest absolute Gasteiger partial charge is 0.504 e. The molecule has 5 heteroatoms. The predicted molar refractivity (Wildman–Crippen MR) is 88.2 cm³/mol. The SMILES string of the molecule is C=C1C(C)(C)[C@@H]2CC[C@@]1(C(=O)N/N=C\c1ccc(O)c(O)c1)C2. The van der Waals surface area contributed by atoms with Crippen molar-refractivity contribution in [2.45, 2.75) is 33.1 Å². The molecule has 3 N–H and O–H groups in total. The van der Waals surface area contributed by atoms with Crippen LogP contribution in [0.25, 0.3) is 0 Å². The molecule has 23 heavy (non-hydrogen) atoms. The van der Waals surface area contributed by atoms with Gasteiger partial charge in [0.05, 0.1) is 11.6 Å². The van der Waals surface area contributed by atoms with Gasteiger partial charge < -0.3 is 10.2 Å². The molecule has 0 aliphatic heterocycles. The minimum atomic E-state index is -0.497. The summed E-state index contributed by atoms with van der Waals surface area (Å²) in [6, 6.07) is 4.36. The zero-order valence-corrected chi connectivity index (χ0v) is 13.5. The number of nitrogens with zero attached hydrogens (tertiary/aromatic N) is 1. The summed E-state index contributed by atoms with van der Waals surface area (Å²) in [7, 11) is 0. The predicted octanol–water partition coefficient (Wildman–Crippen LogP) is 2.93. The molecule has 1 aromatic carbocycles. The van der Waals surface area contributed by atoms with Crippen LogP contribution in [0.3, 0.4) is 0 Å². The summed E-state index contributed by atoms with van der Waals surface area (Å²) in [4.78, 5) is 12.7. The maximum Gasteiger partial charge on any atom is 0.250 e. The van der Waals surface area contributed by atoms with Crippen LogP contribution >= 0.6 is 0 Å². The summed E-state index contributed by atoms with van der Waals surface area (Å²) < 4.78 is 0. The maximum atomic E-state index is 12.7. The van der Waals surface area contributed by atoms with Crippen LogP contribution < -0.4 is 5.43 Å². The van der Waals surface area contributed by atoms with Gasteiger partial charge in [-0.3, -0.25) is 4.79 Å². The number of nitrogens with one attached hydrogen (secondary N) is 1. The lowest BCUT2D eigenvalue weighted by atomic mass is 9.68. The van der Waals surface area contributed by atoms with E-state index >= 15 is 0 Å². The molecule has 5 nitrogen and oxygen atoms in total. The Hall–Kier alpha value is -2.30. The van der Waals surface area contributed by atoms with Gasteiger partial charge in [0, 0.05) is 0 Å². The molecule has 3 rings (SSSR count). The van der Waals surface area contributed by atoms with E-state index in [0.717, 1.165) is 24.8 Å². The number of benzene rings is 1. The first-order valence-electron chi connectivity index (χ1n) is 7.83. The van der Waals surface area contributed by atoms with Gasteiger partial charge in [-0.05, 0) is 54.4 Å². The standard InChI is InChI=1S/C18H22N2O3/c1-11-17(2,3)13-6-7-18(11,9-13)16(23)20-19-10-12-4-5-14(21)15(22)8-12/h4-5,8,10,13,21-22H,1,6-7,9H2,2-3H3,(H,20,23)/b19-10-/t13-,18-/m1/s1. The number of phenols is 2. The van der Waals surface area contributed by atoms with E-state index in [0.29, 0.717) is 11.5 Å². The number of rotatable bonds is 3. The van der Waals surface area contributed by atoms with Crippen molar-refractivity contribution in [2.75, 3.05) is 0 Å². The fourth-order valence-electron chi connectivity index (χ4n) is 4.04. The van der Waals surface area contributed by atoms with Crippen molar-refractivity contribution in [2.24, 2.45) is 21.8 Å². The fraction of sp³-hybridized carbons (Fsp3) is 0.444. The monoisotopic (exact) mass is 314 g/mol. The molecule has 2 aliphatic carbocycles. The van der Waals surface area contributed by atoms with E-state index in [4.69, 9.17) is 0 Å². The number of aromatic hydroxyl groups is 2. The number of phenolic OH excluding ortho intramolecular Hbond substituents is 2. The Morgan fingerprint density at radius 2 is 2.13 bits per heavy atom. The first-order chi connectivity index (χ1) is 10.8. The molecule has 0 saturated heterocycles. The molecule has 122 valence electrons. The Kier molecular flexibility index (Phi) is 3.47. The number of carbonyl (C=O) groups excluding carboxylic acids is 1. The minimum absolute atomic E-state index is 0.00203. The molecular formula is C18H22N2O3. The van der Waals surface area contributed by atoms with Gasteiger partial charge in [0.1, 0.15) is 0 Å². The normalized spacial score (nSPS) is 28.4. The van der Waals surface area contributed by atoms with Gasteiger partial charge >= 0.3 is 0 Å². The molecule has 0 spiro atoms. The summed E-state index contributed by atoms with van der Waals surface area (Å²) >= 11 is 0. The van der Waals surface area contributed by atoms with Crippen LogP contribution in [0.2, 0.25) is 0 Å². The maximum absolute atomic E-state index is 12.7. The van der Waals surface area contributed by atoms with E-state index < -0.39 is 5.41 Å². The molecule has 0 heterocycles. The number of hydrogen-bond acceptors (Lipinski definition) is 4. The van der Waals surface area contributed by atoms with E-state index in [9.17, 15) is 15.0 Å². The third kappa shape index (κ3) is 2.31. The van der Waals surface area contributed by atoms with Crippen LogP contribution in [0.15, 0.2) is 35.5 Å². The Morgan fingerprint density at radius 1 is 1.39 bits per heavy atom. The smallest absolute Gasteiger partial charge is 0.250 e. The molecule has 2 atom stereocenters. The molecule has 1 aromatic rings. The fourth-order valence-corrected chi connectivity index (χ4v) is 4.04. The second-order valence-corrected chi connectivity index (χ2v) is 7.17. The summed E-state index contributed by atoms with van der Waals surface area (Å²) in [6.07, 6.45) is 4.18. The molecule has 0 unspecified atom stereocenters. The second-order valence-electron chi connectivity index (χ2n) is 7.17. The zero-order valence-electron chi connectivity index (χ0n) is 13.5.